The van der Waals surface area contributed by atoms with Crippen LogP contribution in [0.2, 0.25) is 0 Å². The number of halogens is 3. The van der Waals surface area contributed by atoms with Gasteiger partial charge in [-0.15, -0.1) is 0 Å². The summed E-state index contributed by atoms with van der Waals surface area (Å²) in [6.07, 6.45) is -3.22. The number of hydrogen-bond donors (Lipinski definition) is 2. The molecule has 0 aliphatic rings. The summed E-state index contributed by atoms with van der Waals surface area (Å²) in [6.45, 7) is 4.54. The normalized spacial score (nSPS) is 16.2. The van der Waals surface area contributed by atoms with Gasteiger partial charge in [0.15, 0.2) is 0 Å². The van der Waals surface area contributed by atoms with Gasteiger partial charge < -0.3 is 15.2 Å². The van der Waals surface area contributed by atoms with Crippen LogP contribution in [0.5, 0.6) is 0 Å². The highest BCUT2D eigenvalue weighted by Gasteiger charge is 2.28. The van der Waals surface area contributed by atoms with Gasteiger partial charge in [0.05, 0.1) is 6.61 Å². The lowest BCUT2D eigenvalue weighted by Crippen LogP contribution is -2.49. The third-order valence-electron chi connectivity index (χ3n) is 2.27. The number of alkyl halides is 3. The zero-order valence-corrected chi connectivity index (χ0v) is 10.6. The maximum Gasteiger partial charge on any atom is 0.411 e. The van der Waals surface area contributed by atoms with Crippen molar-refractivity contribution in [3.63, 3.8) is 0 Å². The Labute approximate surface area is 100 Å². The van der Waals surface area contributed by atoms with E-state index in [0.29, 0.717) is 12.8 Å². The van der Waals surface area contributed by atoms with Crippen molar-refractivity contribution in [2.45, 2.75) is 51.4 Å². The van der Waals surface area contributed by atoms with E-state index in [9.17, 15) is 18.3 Å². The summed E-state index contributed by atoms with van der Waals surface area (Å²) < 4.78 is 39.8. The van der Waals surface area contributed by atoms with Gasteiger partial charge in [0.2, 0.25) is 0 Å². The van der Waals surface area contributed by atoms with Crippen molar-refractivity contribution in [1.29, 1.82) is 0 Å². The van der Waals surface area contributed by atoms with Gasteiger partial charge in [0.25, 0.3) is 0 Å². The minimum absolute atomic E-state index is 0.0505. The van der Waals surface area contributed by atoms with Gasteiger partial charge in [-0.2, -0.15) is 13.2 Å². The fourth-order valence-corrected chi connectivity index (χ4v) is 1.65. The quantitative estimate of drug-likeness (QED) is 0.654. The molecule has 104 valence electrons. The SMILES string of the molecule is CC(C)NC(C)(CO)CCCOCC(F)(F)F. The van der Waals surface area contributed by atoms with Crippen molar-refractivity contribution in [3.8, 4) is 0 Å². The fourth-order valence-electron chi connectivity index (χ4n) is 1.65. The Morgan fingerprint density at radius 1 is 1.29 bits per heavy atom. The first-order valence-corrected chi connectivity index (χ1v) is 5.71. The van der Waals surface area contributed by atoms with Crippen molar-refractivity contribution in [2.75, 3.05) is 19.8 Å². The molecule has 0 aliphatic heterocycles. The predicted molar refractivity (Wildman–Crippen MR) is 59.9 cm³/mol. The summed E-state index contributed by atoms with van der Waals surface area (Å²) in [5.74, 6) is 0. The van der Waals surface area contributed by atoms with E-state index >= 15 is 0 Å². The fraction of sp³-hybridized carbons (Fsp3) is 1.00. The van der Waals surface area contributed by atoms with E-state index in [0.717, 1.165) is 0 Å². The first-order valence-electron chi connectivity index (χ1n) is 5.71. The van der Waals surface area contributed by atoms with Crippen LogP contribution in [0.15, 0.2) is 0 Å². The molecule has 0 bridgehead atoms. The molecule has 0 fully saturated rings. The van der Waals surface area contributed by atoms with E-state index in [1.165, 1.54) is 0 Å². The highest BCUT2D eigenvalue weighted by molar-refractivity contribution is 4.83. The first kappa shape index (κ1) is 16.7. The van der Waals surface area contributed by atoms with Crippen LogP contribution < -0.4 is 5.32 Å². The molecule has 0 heterocycles. The van der Waals surface area contributed by atoms with Gasteiger partial charge in [-0.1, -0.05) is 13.8 Å². The molecule has 0 aliphatic carbocycles. The summed E-state index contributed by atoms with van der Waals surface area (Å²) in [6, 6.07) is 0.211. The van der Waals surface area contributed by atoms with Gasteiger partial charge in [-0.25, -0.2) is 0 Å². The molecule has 17 heavy (non-hydrogen) atoms. The Kier molecular flexibility index (Phi) is 7.04. The highest BCUT2D eigenvalue weighted by Crippen LogP contribution is 2.16. The maximum absolute atomic E-state index is 11.8. The highest BCUT2D eigenvalue weighted by atomic mass is 19.4. The summed E-state index contributed by atoms with van der Waals surface area (Å²) in [7, 11) is 0. The number of aliphatic hydroxyl groups excluding tert-OH is 1. The van der Waals surface area contributed by atoms with Gasteiger partial charge in [0.1, 0.15) is 6.61 Å². The van der Waals surface area contributed by atoms with Crippen LogP contribution in [0.3, 0.4) is 0 Å². The maximum atomic E-state index is 11.8. The Bertz CT molecular complexity index is 209. The second-order valence-electron chi connectivity index (χ2n) is 4.79. The van der Waals surface area contributed by atoms with Crippen LogP contribution >= 0.6 is 0 Å². The van der Waals surface area contributed by atoms with Crippen LogP contribution in [0, 0.1) is 0 Å². The smallest absolute Gasteiger partial charge is 0.394 e. The molecule has 1 unspecified atom stereocenters. The minimum Gasteiger partial charge on any atom is -0.394 e. The number of nitrogens with one attached hydrogen (secondary N) is 1. The lowest BCUT2D eigenvalue weighted by molar-refractivity contribution is -0.174. The second kappa shape index (κ2) is 7.18. The molecule has 0 saturated heterocycles. The summed E-state index contributed by atoms with van der Waals surface area (Å²) in [4.78, 5) is 0. The Morgan fingerprint density at radius 2 is 1.88 bits per heavy atom. The molecule has 2 N–H and O–H groups in total. The van der Waals surface area contributed by atoms with Crippen molar-refractivity contribution in [3.05, 3.63) is 0 Å². The third kappa shape index (κ3) is 9.38. The number of hydrogen-bond acceptors (Lipinski definition) is 3. The summed E-state index contributed by atoms with van der Waals surface area (Å²) >= 11 is 0. The molecule has 0 aromatic heterocycles. The average molecular weight is 257 g/mol. The zero-order chi connectivity index (χ0) is 13.5. The molecule has 0 aromatic carbocycles. The van der Waals surface area contributed by atoms with Crippen molar-refractivity contribution in [1.82, 2.24) is 5.32 Å². The van der Waals surface area contributed by atoms with E-state index < -0.39 is 18.3 Å². The number of rotatable bonds is 8. The Morgan fingerprint density at radius 3 is 2.29 bits per heavy atom. The van der Waals surface area contributed by atoms with Crippen molar-refractivity contribution >= 4 is 0 Å². The molecule has 0 radical (unpaired) electrons. The minimum atomic E-state index is -4.27. The Hall–Kier alpha value is -0.330. The van der Waals surface area contributed by atoms with Crippen LogP contribution in [-0.4, -0.2) is 42.7 Å². The van der Waals surface area contributed by atoms with Gasteiger partial charge in [-0.05, 0) is 19.8 Å². The van der Waals surface area contributed by atoms with Crippen LogP contribution in [0.1, 0.15) is 33.6 Å². The van der Waals surface area contributed by atoms with E-state index in [4.69, 9.17) is 0 Å². The van der Waals surface area contributed by atoms with Crippen LogP contribution in [0.25, 0.3) is 0 Å². The van der Waals surface area contributed by atoms with Crippen LogP contribution in [0.4, 0.5) is 13.2 Å². The van der Waals surface area contributed by atoms with E-state index in [1.807, 2.05) is 20.8 Å². The number of ether oxygens (including phenoxy) is 1. The topological polar surface area (TPSA) is 41.5 Å². The first-order chi connectivity index (χ1) is 7.68. The Balaban J connectivity index is 3.77. The largest absolute Gasteiger partial charge is 0.411 e. The molecular weight excluding hydrogens is 235 g/mol. The summed E-state index contributed by atoms with van der Waals surface area (Å²) in [5.41, 5.74) is -0.463. The van der Waals surface area contributed by atoms with Crippen molar-refractivity contribution < 1.29 is 23.0 Å². The lowest BCUT2D eigenvalue weighted by atomic mass is 9.96. The predicted octanol–water partition coefficient (Wildman–Crippen LogP) is 2.09. The van der Waals surface area contributed by atoms with Gasteiger partial charge in [-0.3, -0.25) is 0 Å². The standard InChI is InChI=1S/C11H22F3NO2/c1-9(2)15-10(3,7-16)5-4-6-17-8-11(12,13)14/h9,15-16H,4-8H2,1-3H3. The molecule has 0 spiro atoms. The zero-order valence-electron chi connectivity index (χ0n) is 10.6. The average Bonchev–Trinajstić information content (AvgIpc) is 2.14. The second-order valence-corrected chi connectivity index (χ2v) is 4.79. The molecule has 0 rings (SSSR count). The van der Waals surface area contributed by atoms with Gasteiger partial charge in [0, 0.05) is 18.2 Å². The van der Waals surface area contributed by atoms with Crippen molar-refractivity contribution in [2.24, 2.45) is 0 Å². The molecule has 0 aromatic rings. The number of aliphatic hydroxyl groups is 1. The molecular formula is C11H22F3NO2. The molecule has 0 saturated carbocycles. The van der Waals surface area contributed by atoms with E-state index in [2.05, 4.69) is 10.1 Å². The molecule has 6 heteroatoms. The van der Waals surface area contributed by atoms with E-state index in [1.54, 1.807) is 0 Å². The molecule has 0 amide bonds. The van der Waals surface area contributed by atoms with Gasteiger partial charge >= 0.3 is 6.18 Å². The third-order valence-corrected chi connectivity index (χ3v) is 2.27. The molecule has 3 nitrogen and oxygen atoms in total. The lowest BCUT2D eigenvalue weighted by Gasteiger charge is -2.31. The monoisotopic (exact) mass is 257 g/mol. The molecule has 1 atom stereocenters. The summed E-state index contributed by atoms with van der Waals surface area (Å²) in [5, 5.41) is 12.4. The van der Waals surface area contributed by atoms with Crippen LogP contribution in [-0.2, 0) is 4.74 Å². The van der Waals surface area contributed by atoms with E-state index in [-0.39, 0.29) is 19.3 Å².